The molecule has 5 rings (SSSR count). The van der Waals surface area contributed by atoms with Crippen molar-refractivity contribution in [2.75, 3.05) is 13.1 Å². The number of hydrogen-bond donors (Lipinski definition) is 1. The van der Waals surface area contributed by atoms with E-state index in [1.165, 1.54) is 28.6 Å². The summed E-state index contributed by atoms with van der Waals surface area (Å²) >= 11 is 7.08. The highest BCUT2D eigenvalue weighted by atomic mass is 35.5. The van der Waals surface area contributed by atoms with Crippen LogP contribution < -0.4 is 0 Å². The zero-order chi connectivity index (χ0) is 26.4. The van der Waals surface area contributed by atoms with Gasteiger partial charge in [0.25, 0.3) is 5.91 Å². The van der Waals surface area contributed by atoms with Crippen molar-refractivity contribution in [2.24, 2.45) is 4.99 Å². The molecule has 37 heavy (non-hydrogen) atoms. The second-order valence-corrected chi connectivity index (χ2v) is 10.8. The maximum Gasteiger partial charge on any atom is 0.416 e. The van der Waals surface area contributed by atoms with Gasteiger partial charge in [-0.1, -0.05) is 30.7 Å². The number of benzene rings is 2. The molecule has 11 heteroatoms. The lowest BCUT2D eigenvalue weighted by atomic mass is 9.91. The molecule has 3 aromatic rings. The number of aliphatic imine (C=N–C) groups is 1. The molecule has 1 unspecified atom stereocenters. The van der Waals surface area contributed by atoms with Crippen LogP contribution in [0.1, 0.15) is 42.9 Å². The molecule has 3 heterocycles. The molecule has 194 valence electrons. The van der Waals surface area contributed by atoms with Gasteiger partial charge in [-0.05, 0) is 72.5 Å². The molecule has 0 aliphatic carbocycles. The Bertz CT molecular complexity index is 1430. The van der Waals surface area contributed by atoms with Crippen LogP contribution in [0.2, 0.25) is 5.02 Å². The second kappa shape index (κ2) is 9.81. The minimum Gasteiger partial charge on any atom is -0.388 e. The Labute approximate surface area is 220 Å². The molecule has 1 amide bonds. The van der Waals surface area contributed by atoms with Crippen LogP contribution in [0.15, 0.2) is 52.5 Å². The van der Waals surface area contributed by atoms with Gasteiger partial charge in [-0.15, -0.1) is 0 Å². The van der Waals surface area contributed by atoms with Crippen molar-refractivity contribution in [1.29, 1.82) is 0 Å². The van der Waals surface area contributed by atoms with Gasteiger partial charge in [0.2, 0.25) is 0 Å². The summed E-state index contributed by atoms with van der Waals surface area (Å²) in [5.74, 6) is -0.330. The first-order valence-corrected chi connectivity index (χ1v) is 13.1. The van der Waals surface area contributed by atoms with Crippen molar-refractivity contribution < 1.29 is 23.1 Å². The summed E-state index contributed by atoms with van der Waals surface area (Å²) in [5.41, 5.74) is -0.0677. The van der Waals surface area contributed by atoms with Crippen molar-refractivity contribution in [3.63, 3.8) is 0 Å². The van der Waals surface area contributed by atoms with Crippen molar-refractivity contribution in [3.8, 4) is 0 Å². The molecular weight excluding hydrogens is 525 g/mol. The standard InChI is InChI=1S/C26H24ClF3N4O2S/c1-2-25(36)8-3-9-33(15-25)24-32-23(35)22(37-24)11-16-4-7-21-18(10-16)13-31-34(21)14-17-5-6-19(27)12-20(17)26(28,29)30/h4-7,10-13,36H,2-3,8-9,14-15H2,1H3. The normalized spacial score (nSPS) is 21.8. The summed E-state index contributed by atoms with van der Waals surface area (Å²) in [6, 6.07) is 9.12. The number of aliphatic hydroxyl groups is 1. The third-order valence-corrected chi connectivity index (χ3v) is 8.03. The van der Waals surface area contributed by atoms with Gasteiger partial charge >= 0.3 is 6.18 Å². The Kier molecular flexibility index (Phi) is 6.84. The summed E-state index contributed by atoms with van der Waals surface area (Å²) in [4.78, 5) is 19.2. The van der Waals surface area contributed by atoms with Crippen LogP contribution in [-0.4, -0.2) is 49.6 Å². The number of fused-ring (bicyclic) bond motifs is 1. The average Bonchev–Trinajstić information content (AvgIpc) is 3.42. The van der Waals surface area contributed by atoms with Gasteiger partial charge in [-0.3, -0.25) is 9.48 Å². The Morgan fingerprint density at radius 1 is 1.24 bits per heavy atom. The van der Waals surface area contributed by atoms with Crippen LogP contribution in [-0.2, 0) is 17.5 Å². The molecule has 1 atom stereocenters. The summed E-state index contributed by atoms with van der Waals surface area (Å²) < 4.78 is 42.0. The van der Waals surface area contributed by atoms with E-state index in [9.17, 15) is 23.1 Å². The number of aromatic nitrogens is 2. The van der Waals surface area contributed by atoms with Gasteiger partial charge in [0.1, 0.15) is 0 Å². The number of β-amino-alcohol motifs (C(OH)–C–C–N with tert-alkyl or cyclic N) is 1. The maximum atomic E-state index is 13.5. The molecule has 1 saturated heterocycles. The van der Waals surface area contributed by atoms with E-state index in [-0.39, 0.29) is 23.0 Å². The highest BCUT2D eigenvalue weighted by molar-refractivity contribution is 8.18. The van der Waals surface area contributed by atoms with E-state index in [1.807, 2.05) is 17.9 Å². The lowest BCUT2D eigenvalue weighted by molar-refractivity contribution is -0.138. The van der Waals surface area contributed by atoms with Crippen molar-refractivity contribution in [2.45, 2.75) is 44.5 Å². The third-order valence-electron chi connectivity index (χ3n) is 6.75. The first-order chi connectivity index (χ1) is 17.5. The van der Waals surface area contributed by atoms with Crippen molar-refractivity contribution in [1.82, 2.24) is 14.7 Å². The van der Waals surface area contributed by atoms with Crippen LogP contribution >= 0.6 is 23.4 Å². The van der Waals surface area contributed by atoms with Gasteiger partial charge in [-0.25, -0.2) is 0 Å². The Morgan fingerprint density at radius 2 is 2.05 bits per heavy atom. The molecule has 1 N–H and O–H groups in total. The number of amidine groups is 1. The zero-order valence-electron chi connectivity index (χ0n) is 19.9. The van der Waals surface area contributed by atoms with Gasteiger partial charge in [0.15, 0.2) is 5.17 Å². The van der Waals surface area contributed by atoms with Gasteiger partial charge in [-0.2, -0.15) is 23.3 Å². The summed E-state index contributed by atoms with van der Waals surface area (Å²) in [6.45, 7) is 3.07. The topological polar surface area (TPSA) is 70.7 Å². The summed E-state index contributed by atoms with van der Waals surface area (Å²) in [5, 5.41) is 16.3. The highest BCUT2D eigenvalue weighted by Crippen LogP contribution is 2.36. The molecule has 2 aromatic carbocycles. The van der Waals surface area contributed by atoms with Gasteiger partial charge < -0.3 is 10.0 Å². The fraction of sp³-hybridized carbons (Fsp3) is 0.346. The zero-order valence-corrected chi connectivity index (χ0v) is 21.5. The monoisotopic (exact) mass is 548 g/mol. The number of likely N-dealkylation sites (tertiary alicyclic amines) is 1. The first kappa shape index (κ1) is 25.8. The third kappa shape index (κ3) is 5.42. The predicted molar refractivity (Wildman–Crippen MR) is 139 cm³/mol. The molecule has 2 aliphatic heterocycles. The van der Waals surface area contributed by atoms with Gasteiger partial charge in [0.05, 0.1) is 34.3 Å². The number of halogens is 4. The van der Waals surface area contributed by atoms with Gasteiger partial charge in [0, 0.05) is 23.5 Å². The number of rotatable bonds is 4. The molecule has 0 radical (unpaired) electrons. The lowest BCUT2D eigenvalue weighted by Gasteiger charge is -2.39. The minimum absolute atomic E-state index is 0.0203. The number of nitrogens with zero attached hydrogens (tertiary/aromatic N) is 4. The molecule has 6 nitrogen and oxygen atoms in total. The SMILES string of the molecule is CCC1(O)CCCN(C2=NC(=O)C(=Cc3ccc4c(cnn4Cc4ccc(Cl)cc4C(F)(F)F)c3)S2)C1. The smallest absolute Gasteiger partial charge is 0.388 e. The number of hydrogen-bond acceptors (Lipinski definition) is 5. The first-order valence-electron chi connectivity index (χ1n) is 11.9. The quantitative estimate of drug-likeness (QED) is 0.407. The van der Waals surface area contributed by atoms with E-state index < -0.39 is 17.3 Å². The second-order valence-electron chi connectivity index (χ2n) is 9.33. The Morgan fingerprint density at radius 3 is 2.81 bits per heavy atom. The number of carbonyl (C=O) groups is 1. The van der Waals surface area contributed by atoms with E-state index in [0.717, 1.165) is 36.4 Å². The van der Waals surface area contributed by atoms with Crippen LogP contribution in [0.5, 0.6) is 0 Å². The molecule has 1 aromatic heterocycles. The lowest BCUT2D eigenvalue weighted by Crippen LogP contribution is -2.49. The fourth-order valence-electron chi connectivity index (χ4n) is 4.68. The number of carbonyl (C=O) groups excluding carboxylic acids is 1. The van der Waals surface area contributed by atoms with Crippen molar-refractivity contribution >= 4 is 51.4 Å². The van der Waals surface area contributed by atoms with Crippen molar-refractivity contribution in [3.05, 3.63) is 69.2 Å². The van der Waals surface area contributed by atoms with E-state index in [0.29, 0.717) is 28.6 Å². The summed E-state index contributed by atoms with van der Waals surface area (Å²) in [6.07, 6.45) is 1.01. The molecular formula is C26H24ClF3N4O2S. The number of thioether (sulfide) groups is 1. The molecule has 1 fully saturated rings. The Hall–Kier alpha value is -2.82. The van der Waals surface area contributed by atoms with E-state index in [2.05, 4.69) is 10.1 Å². The molecule has 0 spiro atoms. The summed E-state index contributed by atoms with van der Waals surface area (Å²) in [7, 11) is 0. The van der Waals surface area contributed by atoms with Crippen LogP contribution in [0.4, 0.5) is 13.2 Å². The number of alkyl halides is 3. The van der Waals surface area contributed by atoms with E-state index >= 15 is 0 Å². The average molecular weight is 549 g/mol. The number of piperidine rings is 1. The largest absolute Gasteiger partial charge is 0.416 e. The van der Waals surface area contributed by atoms with Crippen LogP contribution in [0, 0.1) is 0 Å². The fourth-order valence-corrected chi connectivity index (χ4v) is 5.79. The highest BCUT2D eigenvalue weighted by Gasteiger charge is 2.36. The number of amides is 1. The molecule has 2 aliphatic rings. The van der Waals surface area contributed by atoms with E-state index in [4.69, 9.17) is 11.6 Å². The van der Waals surface area contributed by atoms with E-state index in [1.54, 1.807) is 24.4 Å². The predicted octanol–water partition coefficient (Wildman–Crippen LogP) is 5.96. The minimum atomic E-state index is -4.53. The molecule has 0 saturated carbocycles. The molecule has 0 bridgehead atoms. The Balaban J connectivity index is 1.35. The van der Waals surface area contributed by atoms with Crippen LogP contribution in [0.3, 0.4) is 0 Å². The van der Waals surface area contributed by atoms with Crippen LogP contribution in [0.25, 0.3) is 17.0 Å². The maximum absolute atomic E-state index is 13.5.